The molecule has 0 fully saturated rings. The number of thiazole rings is 1. The Labute approximate surface area is 179 Å². The fourth-order valence-corrected chi connectivity index (χ4v) is 4.87. The van der Waals surface area contributed by atoms with Gasteiger partial charge in [-0.05, 0) is 42.5 Å². The van der Waals surface area contributed by atoms with Gasteiger partial charge in [0.05, 0.1) is 33.8 Å². The zero-order valence-electron chi connectivity index (χ0n) is 16.7. The Hall–Kier alpha value is -2.37. The lowest BCUT2D eigenvalue weighted by atomic mass is 10.2. The molecule has 30 heavy (non-hydrogen) atoms. The van der Waals surface area contributed by atoms with Crippen molar-refractivity contribution in [1.82, 2.24) is 9.29 Å². The summed E-state index contributed by atoms with van der Waals surface area (Å²) in [6, 6.07) is 11.4. The van der Waals surface area contributed by atoms with E-state index in [1.807, 2.05) is 6.07 Å². The monoisotopic (exact) mass is 449 g/mol. The second kappa shape index (κ2) is 10.1. The second-order valence-corrected chi connectivity index (χ2v) is 9.23. The van der Waals surface area contributed by atoms with Gasteiger partial charge in [0, 0.05) is 38.6 Å². The quantitative estimate of drug-likeness (QED) is 0.511. The van der Waals surface area contributed by atoms with Crippen molar-refractivity contribution >= 4 is 43.2 Å². The molecule has 160 valence electrons. The Bertz CT molecular complexity index is 1090. The van der Waals surface area contributed by atoms with Crippen molar-refractivity contribution in [3.05, 3.63) is 53.5 Å². The molecule has 0 aliphatic carbocycles. The lowest BCUT2D eigenvalue weighted by Crippen LogP contribution is -2.36. The van der Waals surface area contributed by atoms with Crippen LogP contribution in [0.3, 0.4) is 0 Å². The maximum atomic E-state index is 12.9. The van der Waals surface area contributed by atoms with E-state index >= 15 is 0 Å². The molecule has 3 aromatic rings. The van der Waals surface area contributed by atoms with Crippen LogP contribution in [0.15, 0.2) is 52.9 Å². The molecule has 10 heteroatoms. The van der Waals surface area contributed by atoms with E-state index in [-0.39, 0.29) is 37.1 Å². The number of hydrogen-bond donors (Lipinski definition) is 1. The molecule has 8 nitrogen and oxygen atoms in total. The number of carbonyl (C=O) groups excluding carboxylic acids is 1. The van der Waals surface area contributed by atoms with Crippen LogP contribution < -0.4 is 5.32 Å². The number of benzene rings is 2. The summed E-state index contributed by atoms with van der Waals surface area (Å²) < 4.78 is 38.2. The van der Waals surface area contributed by atoms with Gasteiger partial charge in [0.15, 0.2) is 0 Å². The Morgan fingerprint density at radius 1 is 1.07 bits per heavy atom. The maximum Gasteiger partial charge on any atom is 0.255 e. The van der Waals surface area contributed by atoms with Crippen LogP contribution in [0, 0.1) is 0 Å². The number of methoxy groups -OCH3 is 2. The molecule has 2 aromatic carbocycles. The van der Waals surface area contributed by atoms with Gasteiger partial charge in [-0.25, -0.2) is 13.4 Å². The van der Waals surface area contributed by atoms with Crippen molar-refractivity contribution in [3.8, 4) is 0 Å². The summed E-state index contributed by atoms with van der Waals surface area (Å²) in [5.74, 6) is -0.329. The lowest BCUT2D eigenvalue weighted by molar-refractivity contribution is 0.102. The SMILES string of the molecule is COCCN(CCOC)S(=O)(=O)c1ccc(C(=O)Nc2ccc3scnc3c2)cc1. The third-order valence-corrected chi connectivity index (χ3v) is 7.16. The minimum absolute atomic E-state index is 0.107. The minimum Gasteiger partial charge on any atom is -0.383 e. The van der Waals surface area contributed by atoms with Crippen molar-refractivity contribution in [2.75, 3.05) is 45.8 Å². The predicted octanol–water partition coefficient (Wildman–Crippen LogP) is 2.83. The number of rotatable bonds is 10. The number of carbonyl (C=O) groups is 1. The summed E-state index contributed by atoms with van der Waals surface area (Å²) in [6.07, 6.45) is 0. The third kappa shape index (κ3) is 5.21. The molecule has 3 rings (SSSR count). The first kappa shape index (κ1) is 22.3. The Balaban J connectivity index is 1.74. The van der Waals surface area contributed by atoms with Crippen molar-refractivity contribution in [3.63, 3.8) is 0 Å². The first-order valence-corrected chi connectivity index (χ1v) is 11.5. The second-order valence-electron chi connectivity index (χ2n) is 6.40. The van der Waals surface area contributed by atoms with Gasteiger partial charge in [-0.2, -0.15) is 4.31 Å². The molecule has 0 saturated carbocycles. The molecule has 1 aromatic heterocycles. The van der Waals surface area contributed by atoms with Crippen LogP contribution >= 0.6 is 11.3 Å². The highest BCUT2D eigenvalue weighted by Gasteiger charge is 2.24. The first-order valence-electron chi connectivity index (χ1n) is 9.18. The first-order chi connectivity index (χ1) is 14.5. The van der Waals surface area contributed by atoms with Crippen molar-refractivity contribution in [1.29, 1.82) is 0 Å². The fraction of sp³-hybridized carbons (Fsp3) is 0.300. The Kier molecular flexibility index (Phi) is 7.51. The maximum absolute atomic E-state index is 12.9. The summed E-state index contributed by atoms with van der Waals surface area (Å²) >= 11 is 1.53. The Morgan fingerprint density at radius 3 is 2.37 bits per heavy atom. The molecule has 1 amide bonds. The van der Waals surface area contributed by atoms with E-state index in [4.69, 9.17) is 9.47 Å². The number of amides is 1. The lowest BCUT2D eigenvalue weighted by Gasteiger charge is -2.21. The number of hydrogen-bond acceptors (Lipinski definition) is 7. The van der Waals surface area contributed by atoms with Crippen LogP contribution in [0.5, 0.6) is 0 Å². The smallest absolute Gasteiger partial charge is 0.255 e. The number of nitrogens with zero attached hydrogens (tertiary/aromatic N) is 2. The van der Waals surface area contributed by atoms with E-state index in [0.29, 0.717) is 11.3 Å². The number of anilines is 1. The topological polar surface area (TPSA) is 97.8 Å². The molecule has 0 spiro atoms. The zero-order chi connectivity index (χ0) is 21.6. The summed E-state index contributed by atoms with van der Waals surface area (Å²) in [5.41, 5.74) is 3.54. The fourth-order valence-electron chi connectivity index (χ4n) is 2.80. The summed E-state index contributed by atoms with van der Waals surface area (Å²) in [4.78, 5) is 16.9. The molecule has 0 unspecified atom stereocenters. The van der Waals surface area contributed by atoms with Gasteiger partial charge >= 0.3 is 0 Å². The number of sulfonamides is 1. The van der Waals surface area contributed by atoms with Crippen LogP contribution in [-0.2, 0) is 19.5 Å². The highest BCUT2D eigenvalue weighted by atomic mass is 32.2. The predicted molar refractivity (Wildman–Crippen MR) is 117 cm³/mol. The highest BCUT2D eigenvalue weighted by molar-refractivity contribution is 7.89. The summed E-state index contributed by atoms with van der Waals surface area (Å²) in [7, 11) is -0.701. The molecule has 0 aliphatic heterocycles. The van der Waals surface area contributed by atoms with E-state index < -0.39 is 10.0 Å². The van der Waals surface area contributed by atoms with E-state index in [1.54, 1.807) is 17.6 Å². The van der Waals surface area contributed by atoms with Gasteiger partial charge in [-0.1, -0.05) is 0 Å². The van der Waals surface area contributed by atoms with Crippen LogP contribution in [-0.4, -0.2) is 64.1 Å². The minimum atomic E-state index is -3.73. The zero-order valence-corrected chi connectivity index (χ0v) is 18.3. The van der Waals surface area contributed by atoms with Gasteiger partial charge in [-0.15, -0.1) is 11.3 Å². The third-order valence-electron chi connectivity index (χ3n) is 4.43. The van der Waals surface area contributed by atoms with Crippen molar-refractivity contribution < 1.29 is 22.7 Å². The molecule has 0 saturated heterocycles. The molecule has 0 radical (unpaired) electrons. The average molecular weight is 450 g/mol. The molecule has 0 atom stereocenters. The van der Waals surface area contributed by atoms with E-state index in [0.717, 1.165) is 10.2 Å². The van der Waals surface area contributed by atoms with E-state index in [2.05, 4.69) is 10.3 Å². The van der Waals surface area contributed by atoms with Crippen molar-refractivity contribution in [2.45, 2.75) is 4.90 Å². The average Bonchev–Trinajstić information content (AvgIpc) is 3.21. The number of nitrogens with one attached hydrogen (secondary N) is 1. The van der Waals surface area contributed by atoms with Crippen molar-refractivity contribution in [2.24, 2.45) is 0 Å². The summed E-state index contributed by atoms with van der Waals surface area (Å²) in [5, 5.41) is 2.81. The number of ether oxygens (including phenoxy) is 2. The van der Waals surface area contributed by atoms with Gasteiger partial charge < -0.3 is 14.8 Å². The number of aromatic nitrogens is 1. The van der Waals surface area contributed by atoms with Crippen LogP contribution in [0.2, 0.25) is 0 Å². The molecule has 0 aliphatic rings. The normalized spacial score (nSPS) is 11.8. The standard InChI is InChI=1S/C20H23N3O5S2/c1-27-11-9-23(10-12-28-2)30(25,26)17-6-3-15(4-7-17)20(24)22-16-5-8-19-18(13-16)21-14-29-19/h3-8,13-14H,9-12H2,1-2H3,(H,22,24). The summed E-state index contributed by atoms with van der Waals surface area (Å²) in [6.45, 7) is 0.965. The molecule has 1 N–H and O–H groups in total. The molecule has 0 bridgehead atoms. The van der Waals surface area contributed by atoms with Gasteiger partial charge in [0.1, 0.15) is 0 Å². The number of fused-ring (bicyclic) bond motifs is 1. The van der Waals surface area contributed by atoms with Gasteiger partial charge in [-0.3, -0.25) is 4.79 Å². The van der Waals surface area contributed by atoms with Gasteiger partial charge in [0.2, 0.25) is 10.0 Å². The highest BCUT2D eigenvalue weighted by Crippen LogP contribution is 2.22. The molecule has 1 heterocycles. The van der Waals surface area contributed by atoms with Crippen LogP contribution in [0.4, 0.5) is 5.69 Å². The van der Waals surface area contributed by atoms with Gasteiger partial charge in [0.25, 0.3) is 5.91 Å². The molecular weight excluding hydrogens is 426 g/mol. The Morgan fingerprint density at radius 2 is 1.73 bits per heavy atom. The van der Waals surface area contributed by atoms with Crippen LogP contribution in [0.25, 0.3) is 10.2 Å². The van der Waals surface area contributed by atoms with Crippen LogP contribution in [0.1, 0.15) is 10.4 Å². The largest absolute Gasteiger partial charge is 0.383 e. The van der Waals surface area contributed by atoms with E-state index in [1.165, 1.54) is 54.1 Å². The molecular formula is C20H23N3O5S2. The van der Waals surface area contributed by atoms with E-state index in [9.17, 15) is 13.2 Å².